The van der Waals surface area contributed by atoms with Gasteiger partial charge in [0.2, 0.25) is 5.91 Å². The molecule has 26 heavy (non-hydrogen) atoms. The molecule has 2 amide bonds. The molecular formula is C19H25N5O2. The van der Waals surface area contributed by atoms with Gasteiger partial charge in [-0.2, -0.15) is 0 Å². The van der Waals surface area contributed by atoms with Crippen molar-refractivity contribution in [3.63, 3.8) is 0 Å². The Labute approximate surface area is 152 Å². The van der Waals surface area contributed by atoms with E-state index in [4.69, 9.17) is 0 Å². The molecule has 3 unspecified atom stereocenters. The summed E-state index contributed by atoms with van der Waals surface area (Å²) >= 11 is 0. The quantitative estimate of drug-likeness (QED) is 0.845. The fourth-order valence-electron chi connectivity index (χ4n) is 4.40. The predicted octanol–water partition coefficient (Wildman–Crippen LogP) is 1.23. The van der Waals surface area contributed by atoms with Crippen molar-refractivity contribution in [1.82, 2.24) is 25.1 Å². The summed E-state index contributed by atoms with van der Waals surface area (Å²) < 4.78 is 0. The van der Waals surface area contributed by atoms with Crippen LogP contribution in [-0.4, -0.2) is 70.9 Å². The lowest BCUT2D eigenvalue weighted by atomic mass is 9.88. The van der Waals surface area contributed by atoms with E-state index >= 15 is 0 Å². The van der Waals surface area contributed by atoms with Gasteiger partial charge in [0.1, 0.15) is 5.52 Å². The first kappa shape index (κ1) is 17.0. The van der Waals surface area contributed by atoms with Crippen molar-refractivity contribution in [3.8, 4) is 0 Å². The predicted molar refractivity (Wildman–Crippen MR) is 98.7 cm³/mol. The summed E-state index contributed by atoms with van der Waals surface area (Å²) in [7, 11) is 3.97. The maximum absolute atomic E-state index is 13.2. The number of imidazole rings is 1. The lowest BCUT2D eigenvalue weighted by molar-refractivity contribution is -0.125. The first-order chi connectivity index (χ1) is 12.6. The second-order valence-corrected chi connectivity index (χ2v) is 7.55. The Hall–Kier alpha value is -2.41. The van der Waals surface area contributed by atoms with Gasteiger partial charge in [0.05, 0.1) is 23.3 Å². The zero-order chi connectivity index (χ0) is 18.3. The Bertz CT molecular complexity index is 830. The number of benzene rings is 1. The molecule has 2 bridgehead atoms. The van der Waals surface area contributed by atoms with Crippen LogP contribution in [0.1, 0.15) is 29.6 Å². The fourth-order valence-corrected chi connectivity index (χ4v) is 4.40. The number of amides is 2. The Kier molecular flexibility index (Phi) is 4.40. The van der Waals surface area contributed by atoms with E-state index in [1.807, 2.05) is 42.1 Å². The summed E-state index contributed by atoms with van der Waals surface area (Å²) in [5, 5.41) is 3.03. The smallest absolute Gasteiger partial charge is 0.256 e. The minimum atomic E-state index is -0.0988. The van der Waals surface area contributed by atoms with Crippen LogP contribution in [0.25, 0.3) is 11.0 Å². The highest BCUT2D eigenvalue weighted by molar-refractivity contribution is 6.05. The maximum atomic E-state index is 13.2. The van der Waals surface area contributed by atoms with E-state index in [0.717, 1.165) is 31.3 Å². The van der Waals surface area contributed by atoms with Crippen molar-refractivity contribution in [3.05, 3.63) is 30.1 Å². The van der Waals surface area contributed by atoms with Crippen molar-refractivity contribution >= 4 is 22.8 Å². The number of hydrogen-bond donors (Lipinski definition) is 2. The number of likely N-dealkylation sites (N-methyl/N-ethyl adjacent to an activating group) is 1. The monoisotopic (exact) mass is 355 g/mol. The standard InChI is InChI=1S/C19H25N5O2/c1-23(2)9-8-20-18(25)14-10-12-6-7-16(14)24(12)19(26)13-4-3-5-15-17(13)22-11-21-15/h3-5,11-12,14,16H,6-10H2,1-2H3,(H,20,25)(H,21,22). The van der Waals surface area contributed by atoms with Gasteiger partial charge in [0, 0.05) is 25.2 Å². The number of hydrogen-bond acceptors (Lipinski definition) is 4. The molecule has 7 heteroatoms. The van der Waals surface area contributed by atoms with E-state index in [1.165, 1.54) is 0 Å². The van der Waals surface area contributed by atoms with E-state index in [1.54, 1.807) is 6.33 Å². The van der Waals surface area contributed by atoms with E-state index in [2.05, 4.69) is 15.3 Å². The van der Waals surface area contributed by atoms with Gasteiger partial charge in [-0.1, -0.05) is 6.07 Å². The molecule has 2 fully saturated rings. The molecule has 4 rings (SSSR count). The largest absolute Gasteiger partial charge is 0.355 e. The highest BCUT2D eigenvalue weighted by Gasteiger charge is 2.51. The molecule has 0 radical (unpaired) electrons. The Morgan fingerprint density at radius 2 is 2.19 bits per heavy atom. The SMILES string of the molecule is CN(C)CCNC(=O)C1CC2CCC1N2C(=O)c1cccc2[nH]cnc12. The topological polar surface area (TPSA) is 81.3 Å². The summed E-state index contributed by atoms with van der Waals surface area (Å²) in [6, 6.07) is 5.78. The van der Waals surface area contributed by atoms with Crippen LogP contribution in [0.2, 0.25) is 0 Å². The fraction of sp³-hybridized carbons (Fsp3) is 0.526. The van der Waals surface area contributed by atoms with Crippen molar-refractivity contribution < 1.29 is 9.59 Å². The third kappa shape index (κ3) is 2.86. The normalized spacial score (nSPS) is 24.6. The molecule has 3 heterocycles. The number of fused-ring (bicyclic) bond motifs is 3. The Balaban J connectivity index is 1.51. The number of para-hydroxylation sites is 1. The van der Waals surface area contributed by atoms with Crippen LogP contribution in [0.5, 0.6) is 0 Å². The molecule has 2 saturated heterocycles. The zero-order valence-electron chi connectivity index (χ0n) is 15.2. The number of carbonyl (C=O) groups is 2. The highest BCUT2D eigenvalue weighted by Crippen LogP contribution is 2.42. The van der Waals surface area contributed by atoms with Gasteiger partial charge in [0.25, 0.3) is 5.91 Å². The molecule has 2 N–H and O–H groups in total. The number of H-pyrrole nitrogens is 1. The second-order valence-electron chi connectivity index (χ2n) is 7.55. The third-order valence-electron chi connectivity index (χ3n) is 5.65. The summed E-state index contributed by atoms with van der Waals surface area (Å²) in [6.07, 6.45) is 4.26. The lowest BCUT2D eigenvalue weighted by Gasteiger charge is -2.24. The van der Waals surface area contributed by atoms with Gasteiger partial charge >= 0.3 is 0 Å². The van der Waals surface area contributed by atoms with Gasteiger partial charge in [0.15, 0.2) is 0 Å². The van der Waals surface area contributed by atoms with Crippen LogP contribution in [0, 0.1) is 5.92 Å². The van der Waals surface area contributed by atoms with E-state index in [-0.39, 0.29) is 29.8 Å². The number of aromatic nitrogens is 2. The van der Waals surface area contributed by atoms with Crippen LogP contribution in [0.3, 0.4) is 0 Å². The summed E-state index contributed by atoms with van der Waals surface area (Å²) in [4.78, 5) is 37.2. The summed E-state index contributed by atoms with van der Waals surface area (Å²) in [5.74, 6) is -0.0214. The number of nitrogens with zero attached hydrogens (tertiary/aromatic N) is 3. The van der Waals surface area contributed by atoms with Crippen molar-refractivity contribution in [2.75, 3.05) is 27.2 Å². The van der Waals surface area contributed by atoms with Crippen LogP contribution < -0.4 is 5.32 Å². The molecule has 2 aliphatic heterocycles. The molecule has 0 aliphatic carbocycles. The van der Waals surface area contributed by atoms with E-state index < -0.39 is 0 Å². The number of carbonyl (C=O) groups excluding carboxylic acids is 2. The molecule has 0 spiro atoms. The van der Waals surface area contributed by atoms with Crippen LogP contribution in [0.4, 0.5) is 0 Å². The zero-order valence-corrected chi connectivity index (χ0v) is 15.2. The van der Waals surface area contributed by atoms with Gasteiger partial charge in [-0.25, -0.2) is 4.98 Å². The van der Waals surface area contributed by atoms with Gasteiger partial charge < -0.3 is 20.1 Å². The number of rotatable bonds is 5. The van der Waals surface area contributed by atoms with Gasteiger partial charge in [-0.15, -0.1) is 0 Å². The molecule has 2 aliphatic rings. The van der Waals surface area contributed by atoms with E-state index in [9.17, 15) is 9.59 Å². The number of nitrogens with one attached hydrogen (secondary N) is 2. The van der Waals surface area contributed by atoms with Gasteiger partial charge in [-0.3, -0.25) is 9.59 Å². The third-order valence-corrected chi connectivity index (χ3v) is 5.65. The van der Waals surface area contributed by atoms with E-state index in [0.29, 0.717) is 17.6 Å². The van der Waals surface area contributed by atoms with Crippen LogP contribution in [0.15, 0.2) is 24.5 Å². The minimum Gasteiger partial charge on any atom is -0.355 e. The Morgan fingerprint density at radius 1 is 1.35 bits per heavy atom. The summed E-state index contributed by atoms with van der Waals surface area (Å²) in [6.45, 7) is 1.45. The van der Waals surface area contributed by atoms with Crippen molar-refractivity contribution in [2.24, 2.45) is 5.92 Å². The summed E-state index contributed by atoms with van der Waals surface area (Å²) in [5.41, 5.74) is 2.19. The van der Waals surface area contributed by atoms with Crippen molar-refractivity contribution in [2.45, 2.75) is 31.3 Å². The second kappa shape index (κ2) is 6.72. The van der Waals surface area contributed by atoms with Crippen LogP contribution in [-0.2, 0) is 4.79 Å². The molecule has 2 aromatic rings. The number of aromatic amines is 1. The first-order valence-electron chi connectivity index (χ1n) is 9.23. The molecule has 1 aromatic carbocycles. The lowest BCUT2D eigenvalue weighted by Crippen LogP contribution is -2.42. The Morgan fingerprint density at radius 3 is 3.00 bits per heavy atom. The van der Waals surface area contributed by atoms with Crippen molar-refractivity contribution in [1.29, 1.82) is 0 Å². The first-order valence-corrected chi connectivity index (χ1v) is 9.23. The van der Waals surface area contributed by atoms with Crippen LogP contribution >= 0.6 is 0 Å². The average Bonchev–Trinajstić information content (AvgIpc) is 3.34. The average molecular weight is 355 g/mol. The molecule has 1 aromatic heterocycles. The minimum absolute atomic E-state index is 0.000976. The molecule has 138 valence electrons. The molecule has 7 nitrogen and oxygen atoms in total. The maximum Gasteiger partial charge on any atom is 0.256 e. The molecule has 0 saturated carbocycles. The highest BCUT2D eigenvalue weighted by atomic mass is 16.2. The molecule has 3 atom stereocenters. The van der Waals surface area contributed by atoms with Gasteiger partial charge in [-0.05, 0) is 45.5 Å². The molecular weight excluding hydrogens is 330 g/mol.